The summed E-state index contributed by atoms with van der Waals surface area (Å²) in [5.74, 6) is 0.189. The van der Waals surface area contributed by atoms with Crippen LogP contribution in [0.1, 0.15) is 27.9 Å². The number of ether oxygens (including phenoxy) is 1. The molecular weight excluding hydrogens is 330 g/mol. The quantitative estimate of drug-likeness (QED) is 0.388. The summed E-state index contributed by atoms with van der Waals surface area (Å²) in [6.45, 7) is 0. The van der Waals surface area contributed by atoms with E-state index in [1.54, 1.807) is 36.6 Å². The minimum Gasteiger partial charge on any atom is -0.461 e. The van der Waals surface area contributed by atoms with Gasteiger partial charge in [0.1, 0.15) is 6.23 Å². The minimum absolute atomic E-state index is 0.141. The lowest BCUT2D eigenvalue weighted by Gasteiger charge is -2.17. The highest BCUT2D eigenvalue weighted by molar-refractivity contribution is 7.99. The van der Waals surface area contributed by atoms with Gasteiger partial charge in [-0.2, -0.15) is 0 Å². The third-order valence-corrected chi connectivity index (χ3v) is 5.06. The fourth-order valence-corrected chi connectivity index (χ4v) is 3.63. The lowest BCUT2D eigenvalue weighted by Crippen LogP contribution is -2.16. The van der Waals surface area contributed by atoms with Crippen LogP contribution >= 0.6 is 23.3 Å². The highest BCUT2D eigenvalue weighted by Crippen LogP contribution is 2.26. The zero-order valence-electron chi connectivity index (χ0n) is 12.4. The van der Waals surface area contributed by atoms with Gasteiger partial charge in [0.25, 0.3) is 0 Å². The molecule has 0 saturated heterocycles. The number of nitrogens with one attached hydrogen (secondary N) is 1. The third kappa shape index (κ3) is 3.92. The Labute approximate surface area is 142 Å². The molecule has 3 rings (SSSR count). The van der Waals surface area contributed by atoms with Crippen LogP contribution in [0, 0.1) is 0 Å². The Kier molecular flexibility index (Phi) is 5.30. The van der Waals surface area contributed by atoms with Crippen LogP contribution in [0.2, 0.25) is 0 Å². The van der Waals surface area contributed by atoms with Crippen LogP contribution in [0.25, 0.3) is 0 Å². The number of benzene rings is 1. The summed E-state index contributed by atoms with van der Waals surface area (Å²) in [7, 11) is 1.63. The number of furan rings is 1. The Hall–Kier alpha value is -1.86. The van der Waals surface area contributed by atoms with E-state index < -0.39 is 0 Å². The summed E-state index contributed by atoms with van der Waals surface area (Å²) in [6, 6.07) is 14.8. The Morgan fingerprint density at radius 1 is 1.26 bits per heavy atom. The van der Waals surface area contributed by atoms with Crippen molar-refractivity contribution in [3.05, 3.63) is 77.1 Å². The van der Waals surface area contributed by atoms with Crippen molar-refractivity contribution in [2.24, 2.45) is 0 Å². The molecule has 6 heteroatoms. The predicted molar refractivity (Wildman–Crippen MR) is 91.6 cm³/mol. The van der Waals surface area contributed by atoms with Gasteiger partial charge >= 0.3 is 0 Å². The molecule has 0 bridgehead atoms. The van der Waals surface area contributed by atoms with Crippen LogP contribution in [0.5, 0.6) is 0 Å². The van der Waals surface area contributed by atoms with Crippen molar-refractivity contribution in [3.8, 4) is 0 Å². The van der Waals surface area contributed by atoms with E-state index in [-0.39, 0.29) is 12.0 Å². The Bertz CT molecular complexity index is 754. The average molecular weight is 345 g/mol. The molecule has 0 radical (unpaired) electrons. The molecule has 1 unspecified atom stereocenters. The lowest BCUT2D eigenvalue weighted by atomic mass is 10.1. The normalized spacial score (nSPS) is 12.2. The molecule has 0 aliphatic heterocycles. The van der Waals surface area contributed by atoms with E-state index in [2.05, 4.69) is 4.72 Å². The molecule has 23 heavy (non-hydrogen) atoms. The second-order valence-electron chi connectivity index (χ2n) is 4.70. The maximum atomic E-state index is 12.4. The molecule has 1 atom stereocenters. The molecule has 0 spiro atoms. The van der Waals surface area contributed by atoms with Crippen LogP contribution in [0.4, 0.5) is 0 Å². The van der Waals surface area contributed by atoms with E-state index in [0.717, 1.165) is 9.77 Å². The molecule has 118 valence electrons. The minimum atomic E-state index is -0.313. The van der Waals surface area contributed by atoms with E-state index in [1.807, 2.05) is 35.7 Å². The first-order valence-corrected chi connectivity index (χ1v) is 8.64. The van der Waals surface area contributed by atoms with Gasteiger partial charge in [-0.15, -0.1) is 11.3 Å². The van der Waals surface area contributed by atoms with Gasteiger partial charge in [0.15, 0.2) is 5.76 Å². The molecule has 0 fully saturated rings. The summed E-state index contributed by atoms with van der Waals surface area (Å²) < 4.78 is 15.1. The van der Waals surface area contributed by atoms with Gasteiger partial charge in [-0.3, -0.25) is 4.79 Å². The Morgan fingerprint density at radius 3 is 2.87 bits per heavy atom. The van der Waals surface area contributed by atoms with Gasteiger partial charge in [0.05, 0.1) is 10.5 Å². The third-order valence-electron chi connectivity index (χ3n) is 3.19. The molecule has 0 aliphatic rings. The van der Waals surface area contributed by atoms with Crippen molar-refractivity contribution in [3.63, 3.8) is 0 Å². The smallest absolute Gasteiger partial charge is 0.228 e. The van der Waals surface area contributed by atoms with Gasteiger partial charge in [-0.1, -0.05) is 24.3 Å². The fourth-order valence-electron chi connectivity index (χ4n) is 2.08. The van der Waals surface area contributed by atoms with Gasteiger partial charge in [-0.05, 0) is 47.2 Å². The second-order valence-corrected chi connectivity index (χ2v) is 6.79. The maximum Gasteiger partial charge on any atom is 0.228 e. The average Bonchev–Trinajstić information content (AvgIpc) is 3.29. The summed E-state index contributed by atoms with van der Waals surface area (Å²) in [4.78, 5) is 12.4. The van der Waals surface area contributed by atoms with Crippen molar-refractivity contribution in [1.29, 1.82) is 0 Å². The SMILES string of the molecule is COC(NSc1cccs1)c1cccc(C(=O)c2ccco2)c1. The van der Waals surface area contributed by atoms with Crippen LogP contribution in [-0.2, 0) is 4.74 Å². The highest BCUT2D eigenvalue weighted by Gasteiger charge is 2.16. The molecule has 0 amide bonds. The first-order chi connectivity index (χ1) is 11.3. The predicted octanol–water partition coefficient (Wildman–Crippen LogP) is 4.51. The molecule has 0 aliphatic carbocycles. The van der Waals surface area contributed by atoms with Crippen molar-refractivity contribution in [1.82, 2.24) is 4.72 Å². The molecule has 3 aromatic rings. The van der Waals surface area contributed by atoms with E-state index in [9.17, 15) is 4.79 Å². The number of methoxy groups -OCH3 is 1. The number of ketones is 1. The zero-order chi connectivity index (χ0) is 16.1. The first-order valence-electron chi connectivity index (χ1n) is 6.95. The summed E-state index contributed by atoms with van der Waals surface area (Å²) in [5.41, 5.74) is 1.45. The van der Waals surface area contributed by atoms with E-state index in [4.69, 9.17) is 9.15 Å². The Balaban J connectivity index is 1.75. The van der Waals surface area contributed by atoms with Gasteiger partial charge in [0.2, 0.25) is 5.78 Å². The molecule has 4 nitrogen and oxygen atoms in total. The van der Waals surface area contributed by atoms with Crippen molar-refractivity contribution in [2.75, 3.05) is 7.11 Å². The molecule has 2 aromatic heterocycles. The van der Waals surface area contributed by atoms with Crippen molar-refractivity contribution < 1.29 is 13.9 Å². The van der Waals surface area contributed by atoms with Crippen LogP contribution in [0.3, 0.4) is 0 Å². The largest absolute Gasteiger partial charge is 0.461 e. The van der Waals surface area contributed by atoms with E-state index >= 15 is 0 Å². The first kappa shape index (κ1) is 16.0. The molecular formula is C17H15NO3S2. The number of rotatable bonds is 7. The molecule has 0 saturated carbocycles. The van der Waals surface area contributed by atoms with E-state index in [0.29, 0.717) is 11.3 Å². The lowest BCUT2D eigenvalue weighted by molar-refractivity contribution is 0.0962. The highest BCUT2D eigenvalue weighted by atomic mass is 32.2. The van der Waals surface area contributed by atoms with E-state index in [1.165, 1.54) is 18.2 Å². The van der Waals surface area contributed by atoms with Crippen LogP contribution in [-0.4, -0.2) is 12.9 Å². The standard InChI is InChI=1S/C17H15NO3S2/c1-20-17(18-23-15-8-4-10-22-15)13-6-2-5-12(11-13)16(19)14-7-3-9-21-14/h2-11,17-18H,1H3. The van der Waals surface area contributed by atoms with Gasteiger partial charge < -0.3 is 9.15 Å². The number of carbonyl (C=O) groups is 1. The second kappa shape index (κ2) is 7.61. The van der Waals surface area contributed by atoms with Gasteiger partial charge in [0, 0.05) is 12.7 Å². The summed E-state index contributed by atoms with van der Waals surface area (Å²) >= 11 is 3.16. The zero-order valence-corrected chi connectivity index (χ0v) is 14.0. The number of hydrogen-bond donors (Lipinski definition) is 1. The number of thiophene rings is 1. The van der Waals surface area contributed by atoms with Crippen LogP contribution < -0.4 is 4.72 Å². The summed E-state index contributed by atoms with van der Waals surface area (Å²) in [5, 5.41) is 2.02. The van der Waals surface area contributed by atoms with Crippen molar-refractivity contribution in [2.45, 2.75) is 10.4 Å². The monoisotopic (exact) mass is 345 g/mol. The Morgan fingerprint density at radius 2 is 2.17 bits per heavy atom. The van der Waals surface area contributed by atoms with Crippen molar-refractivity contribution >= 4 is 29.1 Å². The maximum absolute atomic E-state index is 12.4. The molecule has 1 aromatic carbocycles. The topological polar surface area (TPSA) is 51.5 Å². The summed E-state index contributed by atoms with van der Waals surface area (Å²) in [6.07, 6.45) is 1.18. The number of hydrogen-bond acceptors (Lipinski definition) is 6. The fraction of sp³-hybridized carbons (Fsp3) is 0.118. The molecule has 2 heterocycles. The van der Waals surface area contributed by atoms with Gasteiger partial charge in [-0.25, -0.2) is 4.72 Å². The van der Waals surface area contributed by atoms with Crippen LogP contribution in [0.15, 0.2) is 68.8 Å². The molecule has 1 N–H and O–H groups in total. The number of carbonyl (C=O) groups excluding carboxylic acids is 1.